The molecule has 0 radical (unpaired) electrons. The molecule has 19 heavy (non-hydrogen) atoms. The van der Waals surface area contributed by atoms with Crippen LogP contribution in [0.5, 0.6) is 0 Å². The van der Waals surface area contributed by atoms with Gasteiger partial charge in [-0.1, -0.05) is 11.2 Å². The first-order valence-corrected chi connectivity index (χ1v) is 6.42. The fourth-order valence-corrected chi connectivity index (χ4v) is 2.46. The van der Waals surface area contributed by atoms with Crippen molar-refractivity contribution >= 4 is 5.84 Å². The Balaban J connectivity index is 2.08. The van der Waals surface area contributed by atoms with Crippen molar-refractivity contribution in [2.75, 3.05) is 27.2 Å². The Morgan fingerprint density at radius 2 is 2.42 bits per heavy atom. The number of aromatic nitrogens is 1. The van der Waals surface area contributed by atoms with Gasteiger partial charge in [-0.15, -0.1) is 0 Å². The van der Waals surface area contributed by atoms with E-state index < -0.39 is 0 Å². The quantitative estimate of drug-likeness (QED) is 0.354. The van der Waals surface area contributed by atoms with E-state index in [1.807, 2.05) is 12.1 Å². The molecular weight excluding hydrogens is 242 g/mol. The highest BCUT2D eigenvalue weighted by Crippen LogP contribution is 2.17. The van der Waals surface area contributed by atoms with Gasteiger partial charge < -0.3 is 15.8 Å². The second kappa shape index (κ2) is 5.99. The van der Waals surface area contributed by atoms with Crippen molar-refractivity contribution in [3.8, 4) is 0 Å². The summed E-state index contributed by atoms with van der Waals surface area (Å²) in [6.45, 7) is 2.88. The van der Waals surface area contributed by atoms with E-state index in [1.165, 1.54) is 6.42 Å². The lowest BCUT2D eigenvalue weighted by atomic mass is 10.1. The summed E-state index contributed by atoms with van der Waals surface area (Å²) in [5, 5.41) is 11.8. The van der Waals surface area contributed by atoms with Crippen LogP contribution < -0.4 is 5.73 Å². The molecule has 1 aliphatic heterocycles. The molecule has 3 N–H and O–H groups in total. The Hall–Kier alpha value is -1.66. The molecule has 0 bridgehead atoms. The van der Waals surface area contributed by atoms with Crippen LogP contribution in [0.3, 0.4) is 0 Å². The average molecular weight is 263 g/mol. The Morgan fingerprint density at radius 1 is 1.63 bits per heavy atom. The van der Waals surface area contributed by atoms with E-state index in [4.69, 9.17) is 10.9 Å². The number of nitrogens with zero attached hydrogens (tertiary/aromatic N) is 4. The van der Waals surface area contributed by atoms with Crippen LogP contribution in [0.1, 0.15) is 17.7 Å². The first kappa shape index (κ1) is 13.8. The average Bonchev–Trinajstić information content (AvgIpc) is 2.87. The van der Waals surface area contributed by atoms with Gasteiger partial charge in [-0.2, -0.15) is 0 Å². The van der Waals surface area contributed by atoms with Gasteiger partial charge in [0.1, 0.15) is 5.69 Å². The second-order valence-corrected chi connectivity index (χ2v) is 5.14. The Labute approximate surface area is 113 Å². The van der Waals surface area contributed by atoms with Crippen molar-refractivity contribution < 1.29 is 5.21 Å². The van der Waals surface area contributed by atoms with Crippen LogP contribution in [0.25, 0.3) is 0 Å². The number of hydrogen-bond donors (Lipinski definition) is 2. The summed E-state index contributed by atoms with van der Waals surface area (Å²) in [6.07, 6.45) is 2.83. The zero-order valence-corrected chi connectivity index (χ0v) is 11.5. The molecule has 1 aromatic heterocycles. The minimum absolute atomic E-state index is 0.0685. The van der Waals surface area contributed by atoms with Gasteiger partial charge in [0, 0.05) is 31.9 Å². The maximum absolute atomic E-state index is 8.79. The minimum atomic E-state index is 0.0685. The SMILES string of the molecule is CN(C)C1CCN(Cc2cccnc2C(N)=NO)C1. The molecule has 104 valence electrons. The molecule has 6 heteroatoms. The first-order valence-electron chi connectivity index (χ1n) is 6.42. The second-order valence-electron chi connectivity index (χ2n) is 5.14. The largest absolute Gasteiger partial charge is 0.409 e. The van der Waals surface area contributed by atoms with Gasteiger partial charge in [-0.25, -0.2) is 0 Å². The molecule has 1 fully saturated rings. The summed E-state index contributed by atoms with van der Waals surface area (Å²) in [7, 11) is 4.22. The first-order chi connectivity index (χ1) is 9.11. The van der Waals surface area contributed by atoms with Crippen molar-refractivity contribution in [1.82, 2.24) is 14.8 Å². The number of nitrogens with two attached hydrogens (primary N) is 1. The van der Waals surface area contributed by atoms with Crippen LogP contribution >= 0.6 is 0 Å². The van der Waals surface area contributed by atoms with E-state index >= 15 is 0 Å². The van der Waals surface area contributed by atoms with Crippen molar-refractivity contribution in [2.45, 2.75) is 19.0 Å². The lowest BCUT2D eigenvalue weighted by Crippen LogP contribution is -2.31. The van der Waals surface area contributed by atoms with Gasteiger partial charge in [0.25, 0.3) is 0 Å². The molecule has 1 atom stereocenters. The van der Waals surface area contributed by atoms with Crippen molar-refractivity contribution in [3.05, 3.63) is 29.6 Å². The third-order valence-corrected chi connectivity index (χ3v) is 3.61. The number of hydrogen-bond acceptors (Lipinski definition) is 5. The molecule has 1 saturated heterocycles. The van der Waals surface area contributed by atoms with Gasteiger partial charge in [0.2, 0.25) is 0 Å². The van der Waals surface area contributed by atoms with Crippen LogP contribution in [0.2, 0.25) is 0 Å². The Bertz CT molecular complexity index is 460. The van der Waals surface area contributed by atoms with Crippen molar-refractivity contribution in [1.29, 1.82) is 0 Å². The summed E-state index contributed by atoms with van der Waals surface area (Å²) in [4.78, 5) is 8.82. The van der Waals surface area contributed by atoms with Crippen molar-refractivity contribution in [2.24, 2.45) is 10.9 Å². The van der Waals surface area contributed by atoms with E-state index in [9.17, 15) is 0 Å². The summed E-state index contributed by atoms with van der Waals surface area (Å²) in [5.41, 5.74) is 7.22. The fourth-order valence-electron chi connectivity index (χ4n) is 2.46. The zero-order chi connectivity index (χ0) is 13.8. The fraction of sp³-hybridized carbons (Fsp3) is 0.538. The standard InChI is InChI=1S/C13H21N5O/c1-17(2)11-5-7-18(9-11)8-10-4-3-6-15-12(10)13(14)16-19/h3-4,6,11,19H,5,7-9H2,1-2H3,(H2,14,16). The van der Waals surface area contributed by atoms with E-state index in [2.05, 4.69) is 34.0 Å². The minimum Gasteiger partial charge on any atom is -0.409 e. The van der Waals surface area contributed by atoms with Gasteiger partial charge in [0.15, 0.2) is 5.84 Å². The molecule has 0 saturated carbocycles. The van der Waals surface area contributed by atoms with E-state index in [0.29, 0.717) is 11.7 Å². The summed E-state index contributed by atoms with van der Waals surface area (Å²) in [6, 6.07) is 4.45. The lowest BCUT2D eigenvalue weighted by Gasteiger charge is -2.20. The van der Waals surface area contributed by atoms with Crippen LogP contribution in [0, 0.1) is 0 Å². The molecule has 0 aliphatic carbocycles. The molecule has 0 amide bonds. The third-order valence-electron chi connectivity index (χ3n) is 3.61. The molecule has 2 heterocycles. The summed E-state index contributed by atoms with van der Waals surface area (Å²) < 4.78 is 0. The van der Waals surface area contributed by atoms with Crippen LogP contribution in [0.15, 0.2) is 23.5 Å². The molecule has 6 nitrogen and oxygen atoms in total. The number of rotatable bonds is 4. The Kier molecular flexibility index (Phi) is 4.34. The smallest absolute Gasteiger partial charge is 0.189 e. The zero-order valence-electron chi connectivity index (χ0n) is 11.5. The molecule has 0 spiro atoms. The molecule has 1 unspecified atom stereocenters. The number of likely N-dealkylation sites (tertiary alicyclic amines) is 1. The maximum atomic E-state index is 8.79. The van der Waals surface area contributed by atoms with Crippen molar-refractivity contribution in [3.63, 3.8) is 0 Å². The predicted octanol–water partition coefficient (Wildman–Crippen LogP) is 0.312. The van der Waals surface area contributed by atoms with Crippen LogP contribution in [0.4, 0.5) is 0 Å². The van der Waals surface area contributed by atoms with Crippen LogP contribution in [-0.2, 0) is 6.54 Å². The van der Waals surface area contributed by atoms with Crippen LogP contribution in [-0.4, -0.2) is 59.1 Å². The monoisotopic (exact) mass is 263 g/mol. The Morgan fingerprint density at radius 3 is 3.05 bits per heavy atom. The summed E-state index contributed by atoms with van der Waals surface area (Å²) >= 11 is 0. The number of oxime groups is 1. The van der Waals surface area contributed by atoms with Gasteiger partial charge in [0.05, 0.1) is 0 Å². The number of likely N-dealkylation sites (N-methyl/N-ethyl adjacent to an activating group) is 1. The highest BCUT2D eigenvalue weighted by atomic mass is 16.4. The highest BCUT2D eigenvalue weighted by Gasteiger charge is 2.24. The van der Waals surface area contributed by atoms with Gasteiger partial charge >= 0.3 is 0 Å². The predicted molar refractivity (Wildman–Crippen MR) is 74.1 cm³/mol. The maximum Gasteiger partial charge on any atom is 0.189 e. The van der Waals surface area contributed by atoms with E-state index in [-0.39, 0.29) is 5.84 Å². The summed E-state index contributed by atoms with van der Waals surface area (Å²) in [5.74, 6) is 0.0685. The normalized spacial score (nSPS) is 21.2. The third kappa shape index (κ3) is 3.21. The number of pyridine rings is 1. The van der Waals surface area contributed by atoms with E-state index in [1.54, 1.807) is 6.20 Å². The number of amidine groups is 1. The molecule has 1 aliphatic rings. The van der Waals surface area contributed by atoms with Gasteiger partial charge in [-0.05, 0) is 32.1 Å². The molecule has 0 aromatic carbocycles. The molecule has 2 rings (SSSR count). The molecular formula is C13H21N5O. The van der Waals surface area contributed by atoms with E-state index in [0.717, 1.165) is 25.2 Å². The van der Waals surface area contributed by atoms with Gasteiger partial charge in [-0.3, -0.25) is 9.88 Å². The highest BCUT2D eigenvalue weighted by molar-refractivity contribution is 5.96. The lowest BCUT2D eigenvalue weighted by molar-refractivity contribution is 0.264. The molecule has 1 aromatic rings. The topological polar surface area (TPSA) is 78.0 Å².